The fourth-order valence-corrected chi connectivity index (χ4v) is 2.53. The van der Waals surface area contributed by atoms with Gasteiger partial charge in [-0.2, -0.15) is 0 Å². The Kier molecular flexibility index (Phi) is 2.27. The van der Waals surface area contributed by atoms with Crippen molar-refractivity contribution in [1.29, 1.82) is 0 Å². The van der Waals surface area contributed by atoms with Gasteiger partial charge in [0.05, 0.1) is 12.5 Å². The van der Waals surface area contributed by atoms with Gasteiger partial charge in [0.25, 0.3) is 0 Å². The smallest absolute Gasteiger partial charge is 0.348 e. The third kappa shape index (κ3) is 1.61. The highest BCUT2D eigenvalue weighted by molar-refractivity contribution is 6.13. The first-order chi connectivity index (χ1) is 10.2. The highest BCUT2D eigenvalue weighted by atomic mass is 16.5. The predicted molar refractivity (Wildman–Crippen MR) is 78.0 cm³/mol. The Morgan fingerprint density at radius 3 is 2.57 bits per heavy atom. The highest BCUT2D eigenvalue weighted by Gasteiger charge is 2.16. The number of aromatic hydroxyl groups is 1. The molecule has 0 amide bonds. The van der Waals surface area contributed by atoms with E-state index in [1.165, 1.54) is 12.1 Å². The predicted octanol–water partition coefficient (Wildman–Crippen LogP) is 3.41. The van der Waals surface area contributed by atoms with Gasteiger partial charge in [0.1, 0.15) is 28.1 Å². The lowest BCUT2D eigenvalue weighted by molar-refractivity contribution is 0.414. The SMILES string of the molecule is COc1ccc2c(c1)oc1c3ccc(O)cc3oc(=O)c21. The zero-order valence-corrected chi connectivity index (χ0v) is 11.0. The molecule has 0 fully saturated rings. The molecule has 0 atom stereocenters. The summed E-state index contributed by atoms with van der Waals surface area (Å²) in [7, 11) is 1.57. The van der Waals surface area contributed by atoms with Crippen molar-refractivity contribution < 1.29 is 18.7 Å². The van der Waals surface area contributed by atoms with E-state index in [1.807, 2.05) is 0 Å². The minimum atomic E-state index is -0.494. The van der Waals surface area contributed by atoms with Crippen LogP contribution in [-0.4, -0.2) is 12.2 Å². The molecule has 0 aliphatic rings. The van der Waals surface area contributed by atoms with E-state index in [4.69, 9.17) is 13.6 Å². The topological polar surface area (TPSA) is 72.8 Å². The number of fused-ring (bicyclic) bond motifs is 5. The molecule has 0 aliphatic heterocycles. The summed E-state index contributed by atoms with van der Waals surface area (Å²) in [5.41, 5.74) is 0.798. The summed E-state index contributed by atoms with van der Waals surface area (Å²) < 4.78 is 16.2. The van der Waals surface area contributed by atoms with Gasteiger partial charge in [0.2, 0.25) is 0 Å². The van der Waals surface area contributed by atoms with Gasteiger partial charge >= 0.3 is 5.63 Å². The molecule has 5 heteroatoms. The Bertz CT molecular complexity index is 1060. The van der Waals surface area contributed by atoms with E-state index < -0.39 is 5.63 Å². The van der Waals surface area contributed by atoms with E-state index in [9.17, 15) is 9.90 Å². The first-order valence-corrected chi connectivity index (χ1v) is 6.33. The van der Waals surface area contributed by atoms with E-state index >= 15 is 0 Å². The molecule has 0 aliphatic carbocycles. The molecule has 104 valence electrons. The number of hydrogen-bond acceptors (Lipinski definition) is 5. The number of phenolic OH excluding ortho intramolecular Hbond substituents is 1. The summed E-state index contributed by atoms with van der Waals surface area (Å²) in [6, 6.07) is 9.83. The van der Waals surface area contributed by atoms with Crippen LogP contribution in [0.1, 0.15) is 0 Å². The molecule has 1 N–H and O–H groups in total. The van der Waals surface area contributed by atoms with E-state index in [0.29, 0.717) is 38.7 Å². The Hall–Kier alpha value is -2.95. The Morgan fingerprint density at radius 1 is 1.00 bits per heavy atom. The van der Waals surface area contributed by atoms with Gasteiger partial charge in [-0.15, -0.1) is 0 Å². The van der Waals surface area contributed by atoms with Crippen LogP contribution in [-0.2, 0) is 0 Å². The number of furan rings is 1. The Labute approximate surface area is 118 Å². The van der Waals surface area contributed by atoms with E-state index in [2.05, 4.69) is 0 Å². The molecule has 0 spiro atoms. The van der Waals surface area contributed by atoms with Crippen LogP contribution in [0.15, 0.2) is 50.0 Å². The fraction of sp³-hybridized carbons (Fsp3) is 0.0625. The number of ether oxygens (including phenoxy) is 1. The van der Waals surface area contributed by atoms with Crippen molar-refractivity contribution in [3.05, 3.63) is 46.8 Å². The summed E-state index contributed by atoms with van der Waals surface area (Å²) in [5, 5.41) is 11.2. The van der Waals surface area contributed by atoms with Crippen LogP contribution in [0.2, 0.25) is 0 Å². The second-order valence-corrected chi connectivity index (χ2v) is 4.74. The lowest BCUT2D eigenvalue weighted by Crippen LogP contribution is -1.98. The van der Waals surface area contributed by atoms with Gasteiger partial charge < -0.3 is 18.7 Å². The average Bonchev–Trinajstić information content (AvgIpc) is 2.85. The normalized spacial score (nSPS) is 11.5. The second-order valence-electron chi connectivity index (χ2n) is 4.74. The molecule has 0 radical (unpaired) electrons. The molecule has 4 rings (SSSR count). The summed E-state index contributed by atoms with van der Waals surface area (Å²) in [6.07, 6.45) is 0. The molecule has 4 aromatic rings. The number of benzene rings is 2. The van der Waals surface area contributed by atoms with Crippen LogP contribution >= 0.6 is 0 Å². The zero-order valence-electron chi connectivity index (χ0n) is 11.0. The molecule has 0 saturated carbocycles. The Balaban J connectivity index is 2.25. The van der Waals surface area contributed by atoms with Gasteiger partial charge in [-0.05, 0) is 24.3 Å². The van der Waals surface area contributed by atoms with Crippen LogP contribution in [0.4, 0.5) is 0 Å². The highest BCUT2D eigenvalue weighted by Crippen LogP contribution is 2.34. The number of hydrogen-bond donors (Lipinski definition) is 1. The molecular formula is C16H10O5. The maximum Gasteiger partial charge on any atom is 0.348 e. The monoisotopic (exact) mass is 282 g/mol. The Morgan fingerprint density at radius 2 is 1.76 bits per heavy atom. The molecule has 2 heterocycles. The van der Waals surface area contributed by atoms with Gasteiger partial charge in [-0.25, -0.2) is 4.79 Å². The third-order valence-electron chi connectivity index (χ3n) is 3.51. The quantitative estimate of drug-likeness (QED) is 0.542. The lowest BCUT2D eigenvalue weighted by atomic mass is 10.1. The van der Waals surface area contributed by atoms with Crippen LogP contribution in [0, 0.1) is 0 Å². The van der Waals surface area contributed by atoms with Crippen molar-refractivity contribution in [3.8, 4) is 11.5 Å². The molecular weight excluding hydrogens is 272 g/mol. The first-order valence-electron chi connectivity index (χ1n) is 6.33. The maximum absolute atomic E-state index is 12.2. The van der Waals surface area contributed by atoms with Crippen molar-refractivity contribution in [2.45, 2.75) is 0 Å². The maximum atomic E-state index is 12.2. The number of phenols is 1. The zero-order chi connectivity index (χ0) is 14.6. The summed E-state index contributed by atoms with van der Waals surface area (Å²) in [4.78, 5) is 12.2. The summed E-state index contributed by atoms with van der Waals surface area (Å²) in [6.45, 7) is 0. The number of methoxy groups -OCH3 is 1. The van der Waals surface area contributed by atoms with E-state index in [-0.39, 0.29) is 5.75 Å². The van der Waals surface area contributed by atoms with Crippen molar-refractivity contribution in [1.82, 2.24) is 0 Å². The molecule has 5 nitrogen and oxygen atoms in total. The number of rotatable bonds is 1. The van der Waals surface area contributed by atoms with E-state index in [0.717, 1.165) is 0 Å². The standard InChI is InChI=1S/C16H10O5/c1-19-9-3-5-10-13(7-9)20-15-11-4-2-8(17)6-12(11)21-16(18)14(10)15/h2-7,17H,1H3. The fourth-order valence-electron chi connectivity index (χ4n) is 2.53. The van der Waals surface area contributed by atoms with Gasteiger partial charge in [0.15, 0.2) is 5.58 Å². The molecule has 2 aromatic heterocycles. The molecule has 2 aromatic carbocycles. The van der Waals surface area contributed by atoms with Crippen molar-refractivity contribution >= 4 is 32.9 Å². The van der Waals surface area contributed by atoms with Crippen LogP contribution < -0.4 is 10.4 Å². The van der Waals surface area contributed by atoms with Gasteiger partial charge in [-0.1, -0.05) is 0 Å². The third-order valence-corrected chi connectivity index (χ3v) is 3.51. The lowest BCUT2D eigenvalue weighted by Gasteiger charge is -1.98. The average molecular weight is 282 g/mol. The molecule has 0 bridgehead atoms. The first kappa shape index (κ1) is 11.8. The van der Waals surface area contributed by atoms with Crippen LogP contribution in [0.5, 0.6) is 11.5 Å². The van der Waals surface area contributed by atoms with E-state index in [1.54, 1.807) is 31.4 Å². The minimum absolute atomic E-state index is 0.0304. The molecule has 0 saturated heterocycles. The summed E-state index contributed by atoms with van der Waals surface area (Å²) >= 11 is 0. The second kappa shape index (κ2) is 4.02. The van der Waals surface area contributed by atoms with Gasteiger partial charge in [0, 0.05) is 17.5 Å². The van der Waals surface area contributed by atoms with Crippen molar-refractivity contribution in [3.63, 3.8) is 0 Å². The van der Waals surface area contributed by atoms with Crippen LogP contribution in [0.25, 0.3) is 32.9 Å². The summed E-state index contributed by atoms with van der Waals surface area (Å²) in [5.74, 6) is 0.677. The van der Waals surface area contributed by atoms with Crippen molar-refractivity contribution in [2.24, 2.45) is 0 Å². The van der Waals surface area contributed by atoms with Crippen LogP contribution in [0.3, 0.4) is 0 Å². The molecule has 21 heavy (non-hydrogen) atoms. The minimum Gasteiger partial charge on any atom is -0.508 e. The van der Waals surface area contributed by atoms with Gasteiger partial charge in [-0.3, -0.25) is 0 Å². The molecule has 0 unspecified atom stereocenters. The van der Waals surface area contributed by atoms with Crippen molar-refractivity contribution in [2.75, 3.05) is 7.11 Å². The largest absolute Gasteiger partial charge is 0.508 e.